The van der Waals surface area contributed by atoms with Crippen molar-refractivity contribution in [3.05, 3.63) is 89.7 Å². The second kappa shape index (κ2) is 10.7. The third-order valence-corrected chi connectivity index (χ3v) is 5.51. The maximum Gasteiger partial charge on any atom is 0.291 e. The Morgan fingerprint density at radius 1 is 0.939 bits per heavy atom. The van der Waals surface area contributed by atoms with Crippen LogP contribution in [0.1, 0.15) is 28.1 Å². The largest absolute Gasteiger partial charge is 0.497 e. The highest BCUT2D eigenvalue weighted by molar-refractivity contribution is 6.05. The fourth-order valence-corrected chi connectivity index (χ4v) is 3.73. The number of nitrogens with one attached hydrogen (secondary N) is 2. The predicted octanol–water partition coefficient (Wildman–Crippen LogP) is 5.42. The van der Waals surface area contributed by atoms with Crippen molar-refractivity contribution in [3.8, 4) is 11.5 Å². The molecule has 33 heavy (non-hydrogen) atoms. The monoisotopic (exact) mass is 444 g/mol. The zero-order valence-electron chi connectivity index (χ0n) is 18.9. The Bertz CT molecular complexity index is 1200. The highest BCUT2D eigenvalue weighted by Crippen LogP contribution is 2.32. The van der Waals surface area contributed by atoms with Crippen LogP contribution >= 0.6 is 0 Å². The number of anilines is 1. The van der Waals surface area contributed by atoms with E-state index in [0.29, 0.717) is 23.6 Å². The van der Waals surface area contributed by atoms with Gasteiger partial charge >= 0.3 is 0 Å². The van der Waals surface area contributed by atoms with E-state index in [2.05, 4.69) is 34.9 Å². The summed E-state index contributed by atoms with van der Waals surface area (Å²) >= 11 is 0. The summed E-state index contributed by atoms with van der Waals surface area (Å²) in [7, 11) is 3.20. The molecule has 1 heterocycles. The smallest absolute Gasteiger partial charge is 0.291 e. The van der Waals surface area contributed by atoms with Crippen LogP contribution < -0.4 is 20.1 Å². The summed E-state index contributed by atoms with van der Waals surface area (Å²) in [5, 5.41) is 7.22. The van der Waals surface area contributed by atoms with Crippen molar-refractivity contribution in [3.63, 3.8) is 0 Å². The van der Waals surface area contributed by atoms with Crippen molar-refractivity contribution in [2.75, 3.05) is 26.1 Å². The van der Waals surface area contributed by atoms with Gasteiger partial charge in [-0.15, -0.1) is 0 Å². The fourth-order valence-electron chi connectivity index (χ4n) is 3.73. The van der Waals surface area contributed by atoms with Crippen LogP contribution in [-0.4, -0.2) is 26.7 Å². The Morgan fingerprint density at radius 2 is 1.73 bits per heavy atom. The SMILES string of the molecule is COc1ccc(NC(=O)c2cc3c(CNCCCc4ccccc4)ccc(OC)c3o2)cc1. The van der Waals surface area contributed by atoms with Crippen LogP contribution in [0, 0.1) is 0 Å². The molecule has 4 rings (SSSR count). The van der Waals surface area contributed by atoms with Gasteiger partial charge in [0.05, 0.1) is 14.2 Å². The van der Waals surface area contributed by atoms with Crippen LogP contribution in [0.4, 0.5) is 5.69 Å². The van der Waals surface area contributed by atoms with Crippen molar-refractivity contribution in [1.29, 1.82) is 0 Å². The summed E-state index contributed by atoms with van der Waals surface area (Å²) in [6.45, 7) is 1.57. The van der Waals surface area contributed by atoms with Crippen LogP contribution in [0.3, 0.4) is 0 Å². The van der Waals surface area contributed by atoms with Gasteiger partial charge in [-0.3, -0.25) is 4.79 Å². The zero-order valence-corrected chi connectivity index (χ0v) is 18.9. The average Bonchev–Trinajstić information content (AvgIpc) is 3.31. The quantitative estimate of drug-likeness (QED) is 0.319. The van der Waals surface area contributed by atoms with Gasteiger partial charge in [-0.25, -0.2) is 0 Å². The molecule has 0 spiro atoms. The standard InChI is InChI=1S/C27H28N2O4/c1-31-22-13-11-21(12-14-22)29-27(30)25-17-23-20(10-15-24(32-2)26(23)33-25)18-28-16-6-9-19-7-4-3-5-8-19/h3-5,7-8,10-15,17,28H,6,9,16,18H2,1-2H3,(H,29,30). The Morgan fingerprint density at radius 3 is 2.45 bits per heavy atom. The van der Waals surface area contributed by atoms with E-state index in [0.717, 1.165) is 36.1 Å². The number of furan rings is 1. The van der Waals surface area contributed by atoms with E-state index >= 15 is 0 Å². The molecule has 0 aliphatic rings. The van der Waals surface area contributed by atoms with Gasteiger partial charge in [-0.05, 0) is 66.9 Å². The molecule has 0 saturated carbocycles. The van der Waals surface area contributed by atoms with Crippen molar-refractivity contribution >= 4 is 22.6 Å². The molecule has 4 aromatic rings. The van der Waals surface area contributed by atoms with E-state index in [4.69, 9.17) is 13.9 Å². The normalized spacial score (nSPS) is 10.8. The second-order valence-corrected chi connectivity index (χ2v) is 7.73. The first-order chi connectivity index (χ1) is 16.2. The van der Waals surface area contributed by atoms with Gasteiger partial charge in [0.1, 0.15) is 5.75 Å². The minimum atomic E-state index is -0.319. The predicted molar refractivity (Wildman–Crippen MR) is 130 cm³/mol. The molecule has 2 N–H and O–H groups in total. The van der Waals surface area contributed by atoms with Crippen molar-refractivity contribution in [2.45, 2.75) is 19.4 Å². The third kappa shape index (κ3) is 5.54. The first kappa shape index (κ1) is 22.4. The molecule has 0 aliphatic carbocycles. The lowest BCUT2D eigenvalue weighted by Gasteiger charge is -2.08. The number of hydrogen-bond donors (Lipinski definition) is 2. The molecule has 1 amide bonds. The molecule has 6 nitrogen and oxygen atoms in total. The molecule has 3 aromatic carbocycles. The minimum Gasteiger partial charge on any atom is -0.497 e. The van der Waals surface area contributed by atoms with Crippen molar-refractivity contribution < 1.29 is 18.7 Å². The van der Waals surface area contributed by atoms with E-state index in [1.165, 1.54) is 5.56 Å². The van der Waals surface area contributed by atoms with Gasteiger partial charge in [0.25, 0.3) is 5.91 Å². The summed E-state index contributed by atoms with van der Waals surface area (Å²) in [5.41, 5.74) is 3.63. The molecule has 0 fully saturated rings. The maximum absolute atomic E-state index is 12.8. The Balaban J connectivity index is 1.43. The van der Waals surface area contributed by atoms with Gasteiger partial charge < -0.3 is 24.5 Å². The van der Waals surface area contributed by atoms with E-state index in [-0.39, 0.29) is 11.7 Å². The van der Waals surface area contributed by atoms with Crippen LogP contribution in [0.15, 0.2) is 77.2 Å². The summed E-state index contributed by atoms with van der Waals surface area (Å²) in [5.74, 6) is 1.24. The number of hydrogen-bond acceptors (Lipinski definition) is 5. The van der Waals surface area contributed by atoms with Crippen molar-refractivity contribution in [1.82, 2.24) is 5.32 Å². The molecule has 0 atom stereocenters. The lowest BCUT2D eigenvalue weighted by Crippen LogP contribution is -2.15. The highest BCUT2D eigenvalue weighted by atomic mass is 16.5. The first-order valence-corrected chi connectivity index (χ1v) is 11.0. The van der Waals surface area contributed by atoms with Crippen LogP contribution in [0.25, 0.3) is 11.0 Å². The number of rotatable bonds is 10. The number of carbonyl (C=O) groups excluding carboxylic acids is 1. The van der Waals surface area contributed by atoms with E-state index in [1.807, 2.05) is 18.2 Å². The summed E-state index contributed by atoms with van der Waals surface area (Å²) in [4.78, 5) is 12.8. The summed E-state index contributed by atoms with van der Waals surface area (Å²) in [6.07, 6.45) is 2.08. The van der Waals surface area contributed by atoms with E-state index < -0.39 is 0 Å². The second-order valence-electron chi connectivity index (χ2n) is 7.73. The molecular weight excluding hydrogens is 416 g/mol. The minimum absolute atomic E-state index is 0.232. The topological polar surface area (TPSA) is 72.7 Å². The molecule has 170 valence electrons. The summed E-state index contributed by atoms with van der Waals surface area (Å²) in [6, 6.07) is 23.3. The Labute approximate surface area is 193 Å². The first-order valence-electron chi connectivity index (χ1n) is 11.0. The number of ether oxygens (including phenoxy) is 2. The van der Waals surface area contributed by atoms with Crippen molar-refractivity contribution in [2.24, 2.45) is 0 Å². The zero-order chi connectivity index (χ0) is 23.0. The molecule has 0 radical (unpaired) electrons. The van der Waals surface area contributed by atoms with E-state index in [1.54, 1.807) is 44.6 Å². The Hall–Kier alpha value is -3.77. The number of methoxy groups -OCH3 is 2. The Kier molecular flexibility index (Phi) is 7.27. The number of amides is 1. The molecule has 0 saturated heterocycles. The van der Waals surface area contributed by atoms with Gasteiger partial charge in [0, 0.05) is 17.6 Å². The lowest BCUT2D eigenvalue weighted by molar-refractivity contribution is 0.0998. The molecule has 0 unspecified atom stereocenters. The average molecular weight is 445 g/mol. The van der Waals surface area contributed by atoms with Crippen LogP contribution in [0.2, 0.25) is 0 Å². The van der Waals surface area contributed by atoms with Gasteiger partial charge in [0.15, 0.2) is 17.1 Å². The van der Waals surface area contributed by atoms with Crippen LogP contribution in [0.5, 0.6) is 11.5 Å². The number of benzene rings is 3. The van der Waals surface area contributed by atoms with Gasteiger partial charge in [-0.1, -0.05) is 36.4 Å². The van der Waals surface area contributed by atoms with E-state index in [9.17, 15) is 4.79 Å². The molecule has 6 heteroatoms. The lowest BCUT2D eigenvalue weighted by atomic mass is 10.1. The number of carbonyl (C=O) groups is 1. The number of fused-ring (bicyclic) bond motifs is 1. The summed E-state index contributed by atoms with van der Waals surface area (Å²) < 4.78 is 16.5. The third-order valence-electron chi connectivity index (χ3n) is 5.51. The van der Waals surface area contributed by atoms with Gasteiger partial charge in [0.2, 0.25) is 0 Å². The molecule has 1 aromatic heterocycles. The highest BCUT2D eigenvalue weighted by Gasteiger charge is 2.18. The number of aryl methyl sites for hydroxylation is 1. The fraction of sp³-hybridized carbons (Fsp3) is 0.222. The molecule has 0 aliphatic heterocycles. The van der Waals surface area contributed by atoms with Crippen LogP contribution in [-0.2, 0) is 13.0 Å². The molecular formula is C27H28N2O4. The maximum atomic E-state index is 12.8. The molecule has 0 bridgehead atoms. The van der Waals surface area contributed by atoms with Gasteiger partial charge in [-0.2, -0.15) is 0 Å².